The third-order valence-corrected chi connectivity index (χ3v) is 3.45. The quantitative estimate of drug-likeness (QED) is 0.692. The van der Waals surface area contributed by atoms with Crippen molar-refractivity contribution in [1.29, 1.82) is 0 Å². The molecular weight excluding hydrogens is 346 g/mol. The molecule has 7 heteroatoms. The molecule has 2 aromatic rings. The predicted octanol–water partition coefficient (Wildman–Crippen LogP) is 2.93. The van der Waals surface area contributed by atoms with Gasteiger partial charge in [0.25, 0.3) is 5.91 Å². The summed E-state index contributed by atoms with van der Waals surface area (Å²) in [4.78, 5) is 11.8. The highest BCUT2D eigenvalue weighted by atomic mass is 35.5. The van der Waals surface area contributed by atoms with Gasteiger partial charge in [0.2, 0.25) is 0 Å². The van der Waals surface area contributed by atoms with Gasteiger partial charge in [-0.25, -0.2) is 0 Å². The first-order valence-corrected chi connectivity index (χ1v) is 7.99. The third-order valence-electron chi connectivity index (χ3n) is 3.20. The average Bonchev–Trinajstić information content (AvgIpc) is 2.64. The molecule has 25 heavy (non-hydrogen) atoms. The van der Waals surface area contributed by atoms with E-state index in [4.69, 9.17) is 30.5 Å². The minimum absolute atomic E-state index is 0.114. The third kappa shape index (κ3) is 6.43. The van der Waals surface area contributed by atoms with E-state index in [-0.39, 0.29) is 12.5 Å². The summed E-state index contributed by atoms with van der Waals surface area (Å²) in [6.45, 7) is 0.601. The van der Waals surface area contributed by atoms with Crippen LogP contribution in [0, 0.1) is 0 Å². The van der Waals surface area contributed by atoms with Gasteiger partial charge in [0.1, 0.15) is 29.6 Å². The van der Waals surface area contributed by atoms with Gasteiger partial charge in [-0.05, 0) is 24.3 Å². The second-order valence-electron chi connectivity index (χ2n) is 4.99. The molecule has 0 saturated heterocycles. The lowest BCUT2D eigenvalue weighted by molar-refractivity contribution is -0.123. The first kappa shape index (κ1) is 18.7. The summed E-state index contributed by atoms with van der Waals surface area (Å²) in [7, 11) is 3.10. The molecule has 0 aromatic heterocycles. The molecule has 0 radical (unpaired) electrons. The Morgan fingerprint density at radius 3 is 2.12 bits per heavy atom. The van der Waals surface area contributed by atoms with E-state index in [9.17, 15) is 4.79 Å². The van der Waals surface area contributed by atoms with Crippen molar-refractivity contribution in [3.05, 3.63) is 47.5 Å². The van der Waals surface area contributed by atoms with Crippen LogP contribution in [0.5, 0.6) is 23.0 Å². The van der Waals surface area contributed by atoms with E-state index in [1.165, 1.54) is 0 Å². The van der Waals surface area contributed by atoms with Crippen molar-refractivity contribution in [2.75, 3.05) is 34.0 Å². The number of carbonyl (C=O) groups excluding carboxylic acids is 1. The lowest BCUT2D eigenvalue weighted by Crippen LogP contribution is -2.32. The summed E-state index contributed by atoms with van der Waals surface area (Å²) in [6.07, 6.45) is 0. The van der Waals surface area contributed by atoms with Gasteiger partial charge in [-0.2, -0.15) is 0 Å². The number of nitrogens with one attached hydrogen (secondary N) is 1. The Bertz CT molecular complexity index is 668. The maximum absolute atomic E-state index is 11.8. The molecule has 0 bridgehead atoms. The Hall–Kier alpha value is -2.60. The maximum Gasteiger partial charge on any atom is 0.258 e. The van der Waals surface area contributed by atoms with Crippen molar-refractivity contribution in [1.82, 2.24) is 5.32 Å². The standard InChI is InChI=1S/C18H20ClNO5/c1-22-15-9-16(23-2)11-17(10-15)25-12-18(21)20-7-8-24-14-5-3-13(19)4-6-14/h3-6,9-11H,7-8,12H2,1-2H3,(H,20,21). The average molecular weight is 366 g/mol. The van der Waals surface area contributed by atoms with Gasteiger partial charge in [0.05, 0.1) is 20.8 Å². The minimum Gasteiger partial charge on any atom is -0.496 e. The number of carbonyl (C=O) groups is 1. The molecule has 0 spiro atoms. The fourth-order valence-corrected chi connectivity index (χ4v) is 2.08. The molecule has 0 atom stereocenters. The Balaban J connectivity index is 1.71. The Labute approximate surface area is 151 Å². The molecule has 2 aromatic carbocycles. The molecule has 0 fully saturated rings. The van der Waals surface area contributed by atoms with E-state index in [0.717, 1.165) is 0 Å². The van der Waals surface area contributed by atoms with Gasteiger partial charge in [-0.15, -0.1) is 0 Å². The molecule has 134 valence electrons. The van der Waals surface area contributed by atoms with E-state index in [1.54, 1.807) is 56.7 Å². The van der Waals surface area contributed by atoms with Crippen molar-refractivity contribution in [3.63, 3.8) is 0 Å². The number of hydrogen-bond donors (Lipinski definition) is 1. The van der Waals surface area contributed by atoms with E-state index < -0.39 is 0 Å². The highest BCUT2D eigenvalue weighted by molar-refractivity contribution is 6.30. The SMILES string of the molecule is COc1cc(OC)cc(OCC(=O)NCCOc2ccc(Cl)cc2)c1. The molecule has 0 saturated carbocycles. The van der Waals surface area contributed by atoms with Crippen LogP contribution in [-0.2, 0) is 4.79 Å². The number of benzene rings is 2. The fourth-order valence-electron chi connectivity index (χ4n) is 1.95. The summed E-state index contributed by atoms with van der Waals surface area (Å²) in [6, 6.07) is 12.1. The molecule has 0 heterocycles. The predicted molar refractivity (Wildman–Crippen MR) is 95.0 cm³/mol. The van der Waals surface area contributed by atoms with Gasteiger partial charge in [0.15, 0.2) is 6.61 Å². The lowest BCUT2D eigenvalue weighted by atomic mass is 10.3. The van der Waals surface area contributed by atoms with E-state index in [2.05, 4.69) is 5.32 Å². The monoisotopic (exact) mass is 365 g/mol. The summed E-state index contributed by atoms with van der Waals surface area (Å²) in [5.74, 6) is 2.11. The van der Waals surface area contributed by atoms with Crippen LogP contribution >= 0.6 is 11.6 Å². The zero-order valence-corrected chi connectivity index (χ0v) is 14.8. The number of amides is 1. The van der Waals surface area contributed by atoms with Gasteiger partial charge in [-0.3, -0.25) is 4.79 Å². The Morgan fingerprint density at radius 2 is 1.52 bits per heavy atom. The van der Waals surface area contributed by atoms with Crippen LogP contribution in [0.4, 0.5) is 0 Å². The van der Waals surface area contributed by atoms with Crippen LogP contribution < -0.4 is 24.3 Å². The van der Waals surface area contributed by atoms with Crippen LogP contribution in [0.15, 0.2) is 42.5 Å². The molecule has 0 unspecified atom stereocenters. The van der Waals surface area contributed by atoms with Gasteiger partial charge >= 0.3 is 0 Å². The lowest BCUT2D eigenvalue weighted by Gasteiger charge is -2.11. The first-order valence-electron chi connectivity index (χ1n) is 7.61. The van der Waals surface area contributed by atoms with Gasteiger partial charge in [0, 0.05) is 23.2 Å². The van der Waals surface area contributed by atoms with Gasteiger partial charge in [-0.1, -0.05) is 11.6 Å². The number of hydrogen-bond acceptors (Lipinski definition) is 5. The topological polar surface area (TPSA) is 66.0 Å². The molecule has 1 N–H and O–H groups in total. The largest absolute Gasteiger partial charge is 0.496 e. The van der Waals surface area contributed by atoms with Crippen molar-refractivity contribution in [2.45, 2.75) is 0 Å². The first-order chi connectivity index (χ1) is 12.1. The highest BCUT2D eigenvalue weighted by Crippen LogP contribution is 2.27. The maximum atomic E-state index is 11.8. The second kappa shape index (κ2) is 9.64. The molecule has 1 amide bonds. The van der Waals surface area contributed by atoms with Crippen molar-refractivity contribution < 1.29 is 23.7 Å². The smallest absolute Gasteiger partial charge is 0.258 e. The second-order valence-corrected chi connectivity index (χ2v) is 5.43. The van der Waals surface area contributed by atoms with E-state index >= 15 is 0 Å². The van der Waals surface area contributed by atoms with Crippen LogP contribution in [0.25, 0.3) is 0 Å². The molecule has 0 aliphatic heterocycles. The van der Waals surface area contributed by atoms with Crippen LogP contribution in [0.2, 0.25) is 5.02 Å². The van der Waals surface area contributed by atoms with Crippen molar-refractivity contribution >= 4 is 17.5 Å². The van der Waals surface area contributed by atoms with Gasteiger partial charge < -0.3 is 24.3 Å². The van der Waals surface area contributed by atoms with Crippen LogP contribution in [-0.4, -0.2) is 39.9 Å². The summed E-state index contributed by atoms with van der Waals surface area (Å²) >= 11 is 5.80. The Kier molecular flexibility index (Phi) is 7.22. The Morgan fingerprint density at radius 1 is 0.920 bits per heavy atom. The number of halogens is 1. The minimum atomic E-state index is -0.249. The normalized spacial score (nSPS) is 10.0. The number of rotatable bonds is 9. The van der Waals surface area contributed by atoms with Crippen LogP contribution in [0.1, 0.15) is 0 Å². The van der Waals surface area contributed by atoms with E-state index in [1.807, 2.05) is 0 Å². The molecule has 0 aliphatic rings. The molecule has 0 aliphatic carbocycles. The van der Waals surface area contributed by atoms with Crippen molar-refractivity contribution in [2.24, 2.45) is 0 Å². The summed E-state index contributed by atoms with van der Waals surface area (Å²) in [5, 5.41) is 3.36. The number of ether oxygens (including phenoxy) is 4. The van der Waals surface area contributed by atoms with E-state index in [0.29, 0.717) is 41.2 Å². The summed E-state index contributed by atoms with van der Waals surface area (Å²) in [5.41, 5.74) is 0. The highest BCUT2D eigenvalue weighted by Gasteiger charge is 2.06. The fraction of sp³-hybridized carbons (Fsp3) is 0.278. The zero-order valence-electron chi connectivity index (χ0n) is 14.1. The molecule has 2 rings (SSSR count). The number of methoxy groups -OCH3 is 2. The van der Waals surface area contributed by atoms with Crippen LogP contribution in [0.3, 0.4) is 0 Å². The zero-order chi connectivity index (χ0) is 18.1. The van der Waals surface area contributed by atoms with Crippen molar-refractivity contribution in [3.8, 4) is 23.0 Å². The molecular formula is C18H20ClNO5. The summed E-state index contributed by atoms with van der Waals surface area (Å²) < 4.78 is 21.2. The molecule has 6 nitrogen and oxygen atoms in total.